The van der Waals surface area contributed by atoms with E-state index < -0.39 is 0 Å². The maximum atomic E-state index is 12.3. The Morgan fingerprint density at radius 3 is 3.00 bits per heavy atom. The van der Waals surface area contributed by atoms with Crippen LogP contribution in [0.3, 0.4) is 0 Å². The summed E-state index contributed by atoms with van der Waals surface area (Å²) < 4.78 is 13.4. The molecule has 1 aliphatic carbocycles. The van der Waals surface area contributed by atoms with Crippen LogP contribution in [0, 0.1) is 5.92 Å². The Bertz CT molecular complexity index is 784. The molecule has 4 rings (SSSR count). The fourth-order valence-electron chi connectivity index (χ4n) is 3.17. The van der Waals surface area contributed by atoms with Gasteiger partial charge in [0.2, 0.25) is 5.91 Å². The highest BCUT2D eigenvalue weighted by atomic mass is 16.6. The van der Waals surface area contributed by atoms with Gasteiger partial charge in [-0.2, -0.15) is 5.10 Å². The standard InChI is InChI=1S/C19H21N3O3/c23-19(14-6-2-1-3-7-14)21-15-10-20-22(11-15)12-16-13-24-17-8-4-5-9-18(17)25-16/h1-2,4-5,8-11,14,16H,3,6-7,12-13H2,(H,21,23)/t14-,16+/m1/s1. The van der Waals surface area contributed by atoms with E-state index in [1.54, 1.807) is 10.9 Å². The summed E-state index contributed by atoms with van der Waals surface area (Å²) in [5.41, 5.74) is 0.719. The molecule has 1 aromatic heterocycles. The van der Waals surface area contributed by atoms with E-state index in [1.807, 2.05) is 30.5 Å². The van der Waals surface area contributed by atoms with Crippen molar-refractivity contribution in [2.45, 2.75) is 31.9 Å². The van der Waals surface area contributed by atoms with Gasteiger partial charge in [0, 0.05) is 12.1 Å². The summed E-state index contributed by atoms with van der Waals surface area (Å²) in [7, 11) is 0. The zero-order valence-corrected chi connectivity index (χ0v) is 13.9. The van der Waals surface area contributed by atoms with Gasteiger partial charge < -0.3 is 14.8 Å². The highest BCUT2D eigenvalue weighted by molar-refractivity contribution is 5.92. The van der Waals surface area contributed by atoms with Crippen molar-refractivity contribution in [3.05, 3.63) is 48.8 Å². The van der Waals surface area contributed by atoms with Crippen molar-refractivity contribution in [3.8, 4) is 11.5 Å². The van der Waals surface area contributed by atoms with E-state index in [-0.39, 0.29) is 17.9 Å². The third-order valence-corrected chi connectivity index (χ3v) is 4.50. The van der Waals surface area contributed by atoms with E-state index in [2.05, 4.69) is 22.6 Å². The Hall–Kier alpha value is -2.76. The van der Waals surface area contributed by atoms with Gasteiger partial charge in [-0.25, -0.2) is 0 Å². The van der Waals surface area contributed by atoms with Gasteiger partial charge >= 0.3 is 0 Å². The molecule has 2 aliphatic rings. The van der Waals surface area contributed by atoms with Gasteiger partial charge in [-0.1, -0.05) is 24.3 Å². The lowest BCUT2D eigenvalue weighted by Gasteiger charge is -2.26. The number of hydrogen-bond acceptors (Lipinski definition) is 4. The fourth-order valence-corrected chi connectivity index (χ4v) is 3.17. The topological polar surface area (TPSA) is 65.4 Å². The largest absolute Gasteiger partial charge is 0.486 e. The molecular formula is C19H21N3O3. The molecule has 0 radical (unpaired) electrons. The van der Waals surface area contributed by atoms with Gasteiger partial charge in [-0.05, 0) is 31.4 Å². The second-order valence-corrected chi connectivity index (χ2v) is 6.42. The number of ether oxygens (including phenoxy) is 2. The van der Waals surface area contributed by atoms with Crippen LogP contribution in [0.15, 0.2) is 48.8 Å². The van der Waals surface area contributed by atoms with Crippen LogP contribution in [-0.2, 0) is 11.3 Å². The SMILES string of the molecule is O=C(Nc1cnn(C[C@H]2COc3ccccc3O2)c1)[C@@H]1CC=CCC1. The van der Waals surface area contributed by atoms with E-state index >= 15 is 0 Å². The molecule has 0 saturated carbocycles. The predicted octanol–water partition coefficient (Wildman–Crippen LogP) is 3.02. The molecule has 0 saturated heterocycles. The minimum Gasteiger partial charge on any atom is -0.486 e. The van der Waals surface area contributed by atoms with Crippen molar-refractivity contribution in [3.63, 3.8) is 0 Å². The highest BCUT2D eigenvalue weighted by Gasteiger charge is 2.22. The van der Waals surface area contributed by atoms with Gasteiger partial charge in [-0.15, -0.1) is 0 Å². The number of para-hydroxylation sites is 2. The lowest BCUT2D eigenvalue weighted by Crippen LogP contribution is -2.33. The smallest absolute Gasteiger partial charge is 0.227 e. The third-order valence-electron chi connectivity index (χ3n) is 4.50. The average Bonchev–Trinajstić information content (AvgIpc) is 3.09. The first kappa shape index (κ1) is 15.7. The first-order chi connectivity index (χ1) is 12.3. The molecule has 1 amide bonds. The predicted molar refractivity (Wildman–Crippen MR) is 93.7 cm³/mol. The summed E-state index contributed by atoms with van der Waals surface area (Å²) in [5.74, 6) is 1.65. The van der Waals surface area contributed by atoms with Crippen LogP contribution in [0.1, 0.15) is 19.3 Å². The average molecular weight is 339 g/mol. The maximum absolute atomic E-state index is 12.3. The number of amides is 1. The number of aromatic nitrogens is 2. The van der Waals surface area contributed by atoms with Crippen LogP contribution in [0.4, 0.5) is 5.69 Å². The number of nitrogens with zero attached hydrogens (tertiary/aromatic N) is 2. The molecule has 2 heterocycles. The summed E-state index contributed by atoms with van der Waals surface area (Å²) in [5, 5.41) is 7.27. The second kappa shape index (κ2) is 7.01. The highest BCUT2D eigenvalue weighted by Crippen LogP contribution is 2.31. The molecule has 0 spiro atoms. The summed E-state index contributed by atoms with van der Waals surface area (Å²) in [6.45, 7) is 1.04. The van der Waals surface area contributed by atoms with Gasteiger partial charge in [0.25, 0.3) is 0 Å². The summed E-state index contributed by atoms with van der Waals surface area (Å²) >= 11 is 0. The zero-order chi connectivity index (χ0) is 17.1. The Morgan fingerprint density at radius 1 is 1.28 bits per heavy atom. The lowest BCUT2D eigenvalue weighted by molar-refractivity contribution is -0.120. The van der Waals surface area contributed by atoms with Crippen LogP contribution in [0.5, 0.6) is 11.5 Å². The normalized spacial score (nSPS) is 21.8. The third kappa shape index (κ3) is 3.68. The lowest BCUT2D eigenvalue weighted by atomic mass is 9.94. The number of benzene rings is 1. The number of nitrogens with one attached hydrogen (secondary N) is 1. The molecule has 1 N–H and O–H groups in total. The van der Waals surface area contributed by atoms with Crippen LogP contribution in [0.2, 0.25) is 0 Å². The van der Waals surface area contributed by atoms with Crippen molar-refractivity contribution >= 4 is 11.6 Å². The first-order valence-corrected chi connectivity index (χ1v) is 8.65. The quantitative estimate of drug-likeness (QED) is 0.870. The van der Waals surface area contributed by atoms with Crippen LogP contribution in [-0.4, -0.2) is 28.4 Å². The van der Waals surface area contributed by atoms with Crippen molar-refractivity contribution < 1.29 is 14.3 Å². The van der Waals surface area contributed by atoms with E-state index in [0.29, 0.717) is 13.2 Å². The van der Waals surface area contributed by atoms with Gasteiger partial charge in [0.05, 0.1) is 18.4 Å². The fraction of sp³-hybridized carbons (Fsp3) is 0.368. The van der Waals surface area contributed by atoms with E-state index in [4.69, 9.17) is 9.47 Å². The number of hydrogen-bond donors (Lipinski definition) is 1. The summed E-state index contributed by atoms with van der Waals surface area (Å²) in [4.78, 5) is 12.3. The van der Waals surface area contributed by atoms with Crippen LogP contribution < -0.4 is 14.8 Å². The van der Waals surface area contributed by atoms with Gasteiger partial charge in [0.1, 0.15) is 6.61 Å². The number of fused-ring (bicyclic) bond motifs is 1. The Morgan fingerprint density at radius 2 is 2.16 bits per heavy atom. The molecule has 0 fully saturated rings. The molecule has 1 aliphatic heterocycles. The number of anilines is 1. The number of carbonyl (C=O) groups excluding carboxylic acids is 1. The van der Waals surface area contributed by atoms with E-state index in [0.717, 1.165) is 36.4 Å². The number of allylic oxidation sites excluding steroid dienone is 2. The summed E-state index contributed by atoms with van der Waals surface area (Å²) in [6, 6.07) is 7.64. The Balaban J connectivity index is 1.34. The zero-order valence-electron chi connectivity index (χ0n) is 13.9. The molecule has 2 aromatic rings. The molecule has 6 heteroatoms. The molecule has 25 heavy (non-hydrogen) atoms. The monoisotopic (exact) mass is 339 g/mol. The van der Waals surface area contributed by atoms with Crippen molar-refractivity contribution in [1.82, 2.24) is 9.78 Å². The molecule has 130 valence electrons. The summed E-state index contributed by atoms with van der Waals surface area (Å²) in [6.07, 6.45) is 10.3. The van der Waals surface area contributed by atoms with E-state index in [1.165, 1.54) is 0 Å². The molecule has 0 bridgehead atoms. The van der Waals surface area contributed by atoms with Crippen molar-refractivity contribution in [2.75, 3.05) is 11.9 Å². The molecule has 1 aromatic carbocycles. The Labute approximate surface area is 146 Å². The number of rotatable bonds is 4. The minimum absolute atomic E-state index is 0.0555. The Kier molecular flexibility index (Phi) is 4.41. The molecule has 6 nitrogen and oxygen atoms in total. The van der Waals surface area contributed by atoms with Gasteiger partial charge in [-0.3, -0.25) is 9.48 Å². The molecule has 0 unspecified atom stereocenters. The first-order valence-electron chi connectivity index (χ1n) is 8.65. The van der Waals surface area contributed by atoms with E-state index in [9.17, 15) is 4.79 Å². The second-order valence-electron chi connectivity index (χ2n) is 6.42. The minimum atomic E-state index is -0.109. The maximum Gasteiger partial charge on any atom is 0.227 e. The van der Waals surface area contributed by atoms with Crippen molar-refractivity contribution in [1.29, 1.82) is 0 Å². The number of carbonyl (C=O) groups is 1. The van der Waals surface area contributed by atoms with Crippen molar-refractivity contribution in [2.24, 2.45) is 5.92 Å². The van der Waals surface area contributed by atoms with Crippen LogP contribution >= 0.6 is 0 Å². The van der Waals surface area contributed by atoms with Gasteiger partial charge in [0.15, 0.2) is 17.6 Å². The molecule has 2 atom stereocenters. The van der Waals surface area contributed by atoms with Crippen LogP contribution in [0.25, 0.3) is 0 Å². The molecular weight excluding hydrogens is 318 g/mol.